The van der Waals surface area contributed by atoms with Crippen molar-refractivity contribution in [2.45, 2.75) is 0 Å². The molecule has 0 saturated carbocycles. The maximum atomic E-state index is 4.47. The first kappa shape index (κ1) is 8.70. The van der Waals surface area contributed by atoms with Crippen LogP contribution < -0.4 is 0 Å². The largest absolute Gasteiger partial charge is 0.278 e. The van der Waals surface area contributed by atoms with Crippen molar-refractivity contribution in [1.82, 2.24) is 15.2 Å². The van der Waals surface area contributed by atoms with E-state index < -0.39 is 0 Å². The van der Waals surface area contributed by atoms with Crippen LogP contribution in [0.15, 0.2) is 48.8 Å². The summed E-state index contributed by atoms with van der Waals surface area (Å²) in [7, 11) is 0. The van der Waals surface area contributed by atoms with Crippen LogP contribution in [0.1, 0.15) is 0 Å². The molecule has 3 nitrogen and oxygen atoms in total. The standard InChI is InChI=1S/C14H9N3/c1-2-9-3-4-10-11(14(9)15-7-1)5-6-13-12(10)8-16-17-13/h1-8H,(H,16,17). The van der Waals surface area contributed by atoms with E-state index in [1.165, 1.54) is 16.2 Å². The average Bonchev–Trinajstić information content (AvgIpc) is 2.86. The number of hydrogen-bond acceptors (Lipinski definition) is 2. The lowest BCUT2D eigenvalue weighted by molar-refractivity contribution is 1.12. The Morgan fingerprint density at radius 3 is 2.82 bits per heavy atom. The Morgan fingerprint density at radius 1 is 0.882 bits per heavy atom. The van der Waals surface area contributed by atoms with Crippen molar-refractivity contribution in [3.05, 3.63) is 48.8 Å². The fraction of sp³-hybridized carbons (Fsp3) is 0. The SMILES string of the molecule is c1cnc2c(c1)ccc1c3cn[nH]c3ccc12. The first-order valence-electron chi connectivity index (χ1n) is 5.53. The normalized spacial score (nSPS) is 11.5. The molecular weight excluding hydrogens is 210 g/mol. The summed E-state index contributed by atoms with van der Waals surface area (Å²) in [6.07, 6.45) is 3.70. The molecule has 1 N–H and O–H groups in total. The molecule has 2 aromatic heterocycles. The van der Waals surface area contributed by atoms with E-state index in [1.807, 2.05) is 18.5 Å². The summed E-state index contributed by atoms with van der Waals surface area (Å²) in [6, 6.07) is 12.4. The van der Waals surface area contributed by atoms with Gasteiger partial charge >= 0.3 is 0 Å². The van der Waals surface area contributed by atoms with E-state index in [2.05, 4.69) is 45.5 Å². The van der Waals surface area contributed by atoms with E-state index in [-0.39, 0.29) is 0 Å². The van der Waals surface area contributed by atoms with E-state index in [1.54, 1.807) is 0 Å². The summed E-state index contributed by atoms with van der Waals surface area (Å²) in [5.41, 5.74) is 2.11. The number of rotatable bonds is 0. The van der Waals surface area contributed by atoms with Gasteiger partial charge < -0.3 is 0 Å². The quantitative estimate of drug-likeness (QED) is 0.461. The number of fused-ring (bicyclic) bond motifs is 5. The Balaban J connectivity index is 2.34. The predicted octanol–water partition coefficient (Wildman–Crippen LogP) is 3.26. The third-order valence-corrected chi connectivity index (χ3v) is 3.19. The highest BCUT2D eigenvalue weighted by molar-refractivity contribution is 6.15. The van der Waals surface area contributed by atoms with Crippen LogP contribution in [-0.4, -0.2) is 15.2 Å². The number of benzene rings is 2. The van der Waals surface area contributed by atoms with Crippen LogP contribution in [0.25, 0.3) is 32.6 Å². The van der Waals surface area contributed by atoms with Gasteiger partial charge in [0.2, 0.25) is 0 Å². The molecule has 3 heteroatoms. The van der Waals surface area contributed by atoms with E-state index in [0.29, 0.717) is 0 Å². The minimum atomic E-state index is 1.05. The Labute approximate surface area is 97.1 Å². The second-order valence-corrected chi connectivity index (χ2v) is 4.13. The lowest BCUT2D eigenvalue weighted by Gasteiger charge is -2.03. The first-order chi connectivity index (χ1) is 8.43. The Bertz CT molecular complexity index is 846. The monoisotopic (exact) mass is 219 g/mol. The minimum Gasteiger partial charge on any atom is -0.278 e. The zero-order valence-corrected chi connectivity index (χ0v) is 9.01. The molecule has 2 aromatic carbocycles. The summed E-state index contributed by atoms with van der Waals surface area (Å²) in [6.45, 7) is 0. The molecule has 80 valence electrons. The number of nitrogens with zero attached hydrogens (tertiary/aromatic N) is 2. The lowest BCUT2D eigenvalue weighted by Crippen LogP contribution is -1.81. The maximum absolute atomic E-state index is 4.47. The molecule has 0 radical (unpaired) electrons. The third-order valence-electron chi connectivity index (χ3n) is 3.19. The maximum Gasteiger partial charge on any atom is 0.0780 e. The van der Waals surface area contributed by atoms with Crippen LogP contribution in [0, 0.1) is 0 Å². The lowest BCUT2D eigenvalue weighted by atomic mass is 10.0. The van der Waals surface area contributed by atoms with Crippen molar-refractivity contribution in [2.24, 2.45) is 0 Å². The molecule has 0 atom stereocenters. The van der Waals surface area contributed by atoms with Crippen molar-refractivity contribution >= 4 is 32.6 Å². The molecule has 4 rings (SSSR count). The molecule has 0 fully saturated rings. The Kier molecular flexibility index (Phi) is 1.56. The van der Waals surface area contributed by atoms with Crippen molar-refractivity contribution in [3.8, 4) is 0 Å². The molecule has 0 spiro atoms. The summed E-state index contributed by atoms with van der Waals surface area (Å²) >= 11 is 0. The minimum absolute atomic E-state index is 1.05. The van der Waals surface area contributed by atoms with Gasteiger partial charge in [0.25, 0.3) is 0 Å². The van der Waals surface area contributed by atoms with E-state index in [0.717, 1.165) is 16.4 Å². The van der Waals surface area contributed by atoms with Gasteiger partial charge in [-0.2, -0.15) is 5.10 Å². The van der Waals surface area contributed by atoms with Gasteiger partial charge in [0, 0.05) is 22.4 Å². The highest BCUT2D eigenvalue weighted by Gasteiger charge is 2.05. The summed E-state index contributed by atoms with van der Waals surface area (Å²) in [5.74, 6) is 0. The van der Waals surface area contributed by atoms with Gasteiger partial charge in [-0.25, -0.2) is 0 Å². The Hall–Kier alpha value is -2.42. The molecule has 0 saturated heterocycles. The van der Waals surface area contributed by atoms with Crippen LogP contribution in [0.5, 0.6) is 0 Å². The Morgan fingerprint density at radius 2 is 1.82 bits per heavy atom. The average molecular weight is 219 g/mol. The van der Waals surface area contributed by atoms with E-state index in [9.17, 15) is 0 Å². The molecule has 0 amide bonds. The number of H-pyrrole nitrogens is 1. The van der Waals surface area contributed by atoms with Crippen LogP contribution in [0.2, 0.25) is 0 Å². The number of aromatic amines is 1. The van der Waals surface area contributed by atoms with Crippen LogP contribution >= 0.6 is 0 Å². The molecule has 0 aliphatic carbocycles. The molecule has 0 unspecified atom stereocenters. The zero-order valence-electron chi connectivity index (χ0n) is 9.01. The van der Waals surface area contributed by atoms with Gasteiger partial charge in [-0.1, -0.05) is 24.3 Å². The van der Waals surface area contributed by atoms with Gasteiger partial charge in [0.1, 0.15) is 0 Å². The van der Waals surface area contributed by atoms with Crippen LogP contribution in [0.3, 0.4) is 0 Å². The fourth-order valence-corrected chi connectivity index (χ4v) is 2.38. The number of hydrogen-bond donors (Lipinski definition) is 1. The van der Waals surface area contributed by atoms with Crippen molar-refractivity contribution < 1.29 is 0 Å². The molecule has 0 aliphatic heterocycles. The van der Waals surface area contributed by atoms with Crippen molar-refractivity contribution in [1.29, 1.82) is 0 Å². The summed E-state index contributed by atoms with van der Waals surface area (Å²) in [4.78, 5) is 4.47. The van der Waals surface area contributed by atoms with Gasteiger partial charge in [-0.05, 0) is 17.5 Å². The molecule has 4 aromatic rings. The van der Waals surface area contributed by atoms with Gasteiger partial charge in [0.15, 0.2) is 0 Å². The second kappa shape index (κ2) is 3.04. The predicted molar refractivity (Wildman–Crippen MR) is 68.9 cm³/mol. The molecular formula is C14H9N3. The highest BCUT2D eigenvalue weighted by atomic mass is 15.1. The van der Waals surface area contributed by atoms with Gasteiger partial charge in [-0.3, -0.25) is 10.1 Å². The first-order valence-corrected chi connectivity index (χ1v) is 5.53. The molecule has 0 bridgehead atoms. The number of aromatic nitrogens is 3. The number of nitrogens with one attached hydrogen (secondary N) is 1. The third kappa shape index (κ3) is 1.11. The van der Waals surface area contributed by atoms with E-state index >= 15 is 0 Å². The fourth-order valence-electron chi connectivity index (χ4n) is 2.38. The van der Waals surface area contributed by atoms with Crippen molar-refractivity contribution in [3.63, 3.8) is 0 Å². The summed E-state index contributed by atoms with van der Waals surface area (Å²) < 4.78 is 0. The van der Waals surface area contributed by atoms with E-state index in [4.69, 9.17) is 0 Å². The van der Waals surface area contributed by atoms with Crippen molar-refractivity contribution in [2.75, 3.05) is 0 Å². The van der Waals surface area contributed by atoms with Gasteiger partial charge in [-0.15, -0.1) is 0 Å². The molecule has 0 aliphatic rings. The smallest absolute Gasteiger partial charge is 0.0780 e. The van der Waals surface area contributed by atoms with Crippen LogP contribution in [-0.2, 0) is 0 Å². The van der Waals surface area contributed by atoms with Gasteiger partial charge in [0.05, 0.1) is 17.2 Å². The summed E-state index contributed by atoms with van der Waals surface area (Å²) in [5, 5.41) is 11.8. The number of pyridine rings is 1. The molecule has 2 heterocycles. The van der Waals surface area contributed by atoms with Crippen LogP contribution in [0.4, 0.5) is 0 Å². The zero-order chi connectivity index (χ0) is 11.2. The second-order valence-electron chi connectivity index (χ2n) is 4.13. The highest BCUT2D eigenvalue weighted by Crippen LogP contribution is 2.28. The topological polar surface area (TPSA) is 41.6 Å². The molecule has 17 heavy (non-hydrogen) atoms.